The van der Waals surface area contributed by atoms with E-state index in [1.807, 2.05) is 37.3 Å². The largest absolute Gasteiger partial charge is 0.379 e. The van der Waals surface area contributed by atoms with E-state index in [0.717, 1.165) is 12.1 Å². The van der Waals surface area contributed by atoms with Crippen molar-refractivity contribution in [3.63, 3.8) is 0 Å². The number of rotatable bonds is 5. The molecule has 136 valence electrons. The lowest BCUT2D eigenvalue weighted by atomic mass is 10.1. The van der Waals surface area contributed by atoms with Gasteiger partial charge < -0.3 is 20.3 Å². The number of nitrogens with one attached hydrogen (secondary N) is 2. The van der Waals surface area contributed by atoms with E-state index in [-0.39, 0.29) is 18.0 Å². The molecule has 2 aromatic rings. The monoisotopic (exact) mass is 353 g/mol. The fraction of sp³-hybridized carbons (Fsp3) is 0.300. The summed E-state index contributed by atoms with van der Waals surface area (Å²) >= 11 is 0. The number of ether oxygens (including phenoxy) is 1. The van der Waals surface area contributed by atoms with Crippen LogP contribution in [0.1, 0.15) is 23.7 Å². The van der Waals surface area contributed by atoms with Crippen molar-refractivity contribution in [1.82, 2.24) is 5.32 Å². The van der Waals surface area contributed by atoms with Crippen LogP contribution >= 0.6 is 0 Å². The smallest absolute Gasteiger partial charge is 0.319 e. The Kier molecular flexibility index (Phi) is 5.86. The molecule has 6 nitrogen and oxygen atoms in total. The van der Waals surface area contributed by atoms with E-state index in [1.54, 1.807) is 29.2 Å². The van der Waals surface area contributed by atoms with Gasteiger partial charge in [0.25, 0.3) is 5.91 Å². The molecule has 0 aliphatic carbocycles. The van der Waals surface area contributed by atoms with Gasteiger partial charge in [-0.2, -0.15) is 0 Å². The summed E-state index contributed by atoms with van der Waals surface area (Å²) in [6.07, 6.45) is 0.827. The lowest BCUT2D eigenvalue weighted by Gasteiger charge is -2.21. The van der Waals surface area contributed by atoms with Crippen LogP contribution < -0.4 is 15.5 Å². The Hall–Kier alpha value is -2.86. The summed E-state index contributed by atoms with van der Waals surface area (Å²) in [6.45, 7) is 3.75. The topological polar surface area (TPSA) is 70.7 Å². The SMILES string of the molecule is CCN(C(=O)c1ccc(NC(=O)N[C@H]2CCOC2)cc1)c1ccccc1. The zero-order valence-electron chi connectivity index (χ0n) is 14.8. The highest BCUT2D eigenvalue weighted by Crippen LogP contribution is 2.18. The molecule has 1 aliphatic heterocycles. The molecule has 0 aromatic heterocycles. The van der Waals surface area contributed by atoms with E-state index >= 15 is 0 Å². The number of carbonyl (C=O) groups is 2. The Morgan fingerprint density at radius 1 is 1.12 bits per heavy atom. The Labute approximate surface area is 153 Å². The average Bonchev–Trinajstić information content (AvgIpc) is 3.16. The predicted molar refractivity (Wildman–Crippen MR) is 102 cm³/mol. The lowest BCUT2D eigenvalue weighted by Crippen LogP contribution is -2.38. The van der Waals surface area contributed by atoms with Crippen LogP contribution in [0.4, 0.5) is 16.2 Å². The van der Waals surface area contributed by atoms with Gasteiger partial charge in [-0.25, -0.2) is 4.79 Å². The first kappa shape index (κ1) is 17.9. The number of hydrogen-bond acceptors (Lipinski definition) is 3. The quantitative estimate of drug-likeness (QED) is 0.867. The van der Waals surface area contributed by atoms with Crippen LogP contribution in [-0.2, 0) is 4.74 Å². The maximum atomic E-state index is 12.8. The maximum Gasteiger partial charge on any atom is 0.319 e. The minimum Gasteiger partial charge on any atom is -0.379 e. The molecule has 2 N–H and O–H groups in total. The van der Waals surface area contributed by atoms with Crippen molar-refractivity contribution in [3.8, 4) is 0 Å². The number of nitrogens with zero attached hydrogens (tertiary/aromatic N) is 1. The predicted octanol–water partition coefficient (Wildman–Crippen LogP) is 3.26. The first-order valence-corrected chi connectivity index (χ1v) is 8.79. The van der Waals surface area contributed by atoms with Gasteiger partial charge in [0.15, 0.2) is 0 Å². The molecular weight excluding hydrogens is 330 g/mol. The first-order chi connectivity index (χ1) is 12.7. The van der Waals surface area contributed by atoms with Crippen molar-refractivity contribution in [2.45, 2.75) is 19.4 Å². The minimum atomic E-state index is -0.265. The van der Waals surface area contributed by atoms with E-state index in [4.69, 9.17) is 4.74 Å². The molecule has 3 amide bonds. The second kappa shape index (κ2) is 8.49. The van der Waals surface area contributed by atoms with Crippen LogP contribution in [0.2, 0.25) is 0 Å². The molecule has 1 heterocycles. The first-order valence-electron chi connectivity index (χ1n) is 8.79. The van der Waals surface area contributed by atoms with Gasteiger partial charge in [-0.1, -0.05) is 18.2 Å². The Morgan fingerprint density at radius 3 is 2.46 bits per heavy atom. The number of carbonyl (C=O) groups excluding carboxylic acids is 2. The minimum absolute atomic E-state index is 0.0554. The number of amides is 3. The third kappa shape index (κ3) is 4.40. The van der Waals surface area contributed by atoms with E-state index < -0.39 is 0 Å². The summed E-state index contributed by atoms with van der Waals surface area (Å²) in [7, 11) is 0. The van der Waals surface area contributed by atoms with Crippen LogP contribution in [0, 0.1) is 0 Å². The van der Waals surface area contributed by atoms with Gasteiger partial charge in [0.05, 0.1) is 12.6 Å². The van der Waals surface area contributed by atoms with E-state index in [1.165, 1.54) is 0 Å². The second-order valence-corrected chi connectivity index (χ2v) is 6.12. The van der Waals surface area contributed by atoms with Gasteiger partial charge >= 0.3 is 6.03 Å². The third-order valence-corrected chi connectivity index (χ3v) is 4.28. The van der Waals surface area contributed by atoms with Crippen molar-refractivity contribution in [3.05, 3.63) is 60.2 Å². The summed E-state index contributed by atoms with van der Waals surface area (Å²) < 4.78 is 5.24. The second-order valence-electron chi connectivity index (χ2n) is 6.12. The van der Waals surface area contributed by atoms with Crippen molar-refractivity contribution in [2.75, 3.05) is 30.0 Å². The number of urea groups is 1. The molecule has 1 atom stereocenters. The standard InChI is InChI=1S/C20H23N3O3/c1-2-23(18-6-4-3-5-7-18)19(24)15-8-10-16(11-9-15)21-20(25)22-17-12-13-26-14-17/h3-11,17H,2,12-14H2,1H3,(H2,21,22,25)/t17-/m0/s1. The average molecular weight is 353 g/mol. The lowest BCUT2D eigenvalue weighted by molar-refractivity contribution is 0.0988. The maximum absolute atomic E-state index is 12.8. The summed E-state index contributed by atoms with van der Waals surface area (Å²) in [6, 6.07) is 16.3. The summed E-state index contributed by atoms with van der Waals surface area (Å²) in [5.41, 5.74) is 2.08. The number of benzene rings is 2. The highest BCUT2D eigenvalue weighted by Gasteiger charge is 2.18. The molecular formula is C20H23N3O3. The molecule has 0 radical (unpaired) electrons. The molecule has 0 unspecified atom stereocenters. The molecule has 1 aliphatic rings. The molecule has 26 heavy (non-hydrogen) atoms. The zero-order chi connectivity index (χ0) is 18.4. The number of anilines is 2. The van der Waals surface area contributed by atoms with Crippen molar-refractivity contribution in [2.24, 2.45) is 0 Å². The normalized spacial score (nSPS) is 16.1. The molecule has 2 aromatic carbocycles. The Bertz CT molecular complexity index is 741. The van der Waals surface area contributed by atoms with Crippen LogP contribution in [0.3, 0.4) is 0 Å². The van der Waals surface area contributed by atoms with Crippen LogP contribution in [0.15, 0.2) is 54.6 Å². The van der Waals surface area contributed by atoms with Crippen LogP contribution in [0.25, 0.3) is 0 Å². The molecule has 0 spiro atoms. The molecule has 1 fully saturated rings. The molecule has 0 bridgehead atoms. The van der Waals surface area contributed by atoms with Crippen LogP contribution in [-0.4, -0.2) is 37.7 Å². The fourth-order valence-electron chi connectivity index (χ4n) is 2.90. The van der Waals surface area contributed by atoms with Gasteiger partial charge in [-0.15, -0.1) is 0 Å². The highest BCUT2D eigenvalue weighted by molar-refractivity contribution is 6.06. The molecule has 0 saturated carbocycles. The van der Waals surface area contributed by atoms with E-state index in [2.05, 4.69) is 10.6 Å². The number of para-hydroxylation sites is 1. The van der Waals surface area contributed by atoms with Gasteiger partial charge in [-0.05, 0) is 49.7 Å². The summed E-state index contributed by atoms with van der Waals surface area (Å²) in [5, 5.41) is 5.64. The van der Waals surface area contributed by atoms with E-state index in [0.29, 0.717) is 31.0 Å². The van der Waals surface area contributed by atoms with E-state index in [9.17, 15) is 9.59 Å². The highest BCUT2D eigenvalue weighted by atomic mass is 16.5. The van der Waals surface area contributed by atoms with Gasteiger partial charge in [0.2, 0.25) is 0 Å². The summed E-state index contributed by atoms with van der Waals surface area (Å²) in [5.74, 6) is -0.0715. The fourth-order valence-corrected chi connectivity index (χ4v) is 2.90. The van der Waals surface area contributed by atoms with Gasteiger partial charge in [0.1, 0.15) is 0 Å². The van der Waals surface area contributed by atoms with Gasteiger partial charge in [-0.3, -0.25) is 4.79 Å². The Balaban J connectivity index is 1.62. The van der Waals surface area contributed by atoms with Crippen molar-refractivity contribution >= 4 is 23.3 Å². The van der Waals surface area contributed by atoms with Crippen molar-refractivity contribution in [1.29, 1.82) is 0 Å². The Morgan fingerprint density at radius 2 is 1.85 bits per heavy atom. The number of hydrogen-bond donors (Lipinski definition) is 2. The van der Waals surface area contributed by atoms with Crippen molar-refractivity contribution < 1.29 is 14.3 Å². The zero-order valence-corrected chi connectivity index (χ0v) is 14.8. The van der Waals surface area contributed by atoms with Crippen LogP contribution in [0.5, 0.6) is 0 Å². The molecule has 3 rings (SSSR count). The molecule has 6 heteroatoms. The third-order valence-electron chi connectivity index (χ3n) is 4.28. The summed E-state index contributed by atoms with van der Waals surface area (Å²) in [4.78, 5) is 26.4. The molecule has 1 saturated heterocycles. The van der Waals surface area contributed by atoms with Gasteiger partial charge in [0, 0.05) is 30.1 Å².